The minimum Gasteiger partial charge on any atom is -0.383 e. The first-order valence-electron chi connectivity index (χ1n) is 10.3. The van der Waals surface area contributed by atoms with Gasteiger partial charge in [0, 0.05) is 63.5 Å². The number of benzene rings is 1. The highest BCUT2D eigenvalue weighted by Crippen LogP contribution is 2.20. The van der Waals surface area contributed by atoms with E-state index in [0.29, 0.717) is 31.8 Å². The summed E-state index contributed by atoms with van der Waals surface area (Å²) in [5.74, 6) is 0.251. The first-order chi connectivity index (χ1) is 14.2. The zero-order chi connectivity index (χ0) is 20.2. The molecule has 2 saturated heterocycles. The summed E-state index contributed by atoms with van der Waals surface area (Å²) in [5.41, 5.74) is 1.59. The van der Waals surface area contributed by atoms with E-state index >= 15 is 0 Å². The molecule has 0 bridgehead atoms. The van der Waals surface area contributed by atoms with Crippen LogP contribution in [0.4, 0.5) is 0 Å². The largest absolute Gasteiger partial charge is 0.383 e. The molecule has 0 radical (unpaired) electrons. The minimum absolute atomic E-state index is 0.0528. The van der Waals surface area contributed by atoms with E-state index in [9.17, 15) is 9.59 Å². The summed E-state index contributed by atoms with van der Waals surface area (Å²) < 4.78 is 5.11. The monoisotopic (exact) mass is 396 g/mol. The summed E-state index contributed by atoms with van der Waals surface area (Å²) in [6.45, 7) is 4.95. The molecule has 7 nitrogen and oxygen atoms in total. The summed E-state index contributed by atoms with van der Waals surface area (Å²) in [7, 11) is 1.66. The molecule has 0 aliphatic carbocycles. The topological polar surface area (TPSA) is 66.0 Å². The van der Waals surface area contributed by atoms with E-state index in [1.165, 1.54) is 0 Å². The maximum atomic E-state index is 13.1. The van der Waals surface area contributed by atoms with Crippen molar-refractivity contribution >= 4 is 22.7 Å². The lowest BCUT2D eigenvalue weighted by Crippen LogP contribution is -2.44. The normalized spacial score (nSPS) is 21.0. The fourth-order valence-electron chi connectivity index (χ4n) is 4.33. The Bertz CT molecular complexity index is 887. The SMILES string of the molecule is COCCN1CCC(N2CCCN(C(=O)c3ccc4ncccc4c3)CC2)C1=O. The molecule has 1 aromatic heterocycles. The molecule has 29 heavy (non-hydrogen) atoms. The minimum atomic E-state index is -0.0614. The van der Waals surface area contributed by atoms with Crippen molar-refractivity contribution in [1.29, 1.82) is 0 Å². The molecule has 0 spiro atoms. The van der Waals surface area contributed by atoms with Gasteiger partial charge in [-0.15, -0.1) is 0 Å². The Balaban J connectivity index is 1.39. The van der Waals surface area contributed by atoms with Gasteiger partial charge in [-0.1, -0.05) is 6.07 Å². The van der Waals surface area contributed by atoms with Gasteiger partial charge in [0.25, 0.3) is 5.91 Å². The van der Waals surface area contributed by atoms with E-state index in [1.807, 2.05) is 40.1 Å². The molecule has 1 unspecified atom stereocenters. The van der Waals surface area contributed by atoms with Gasteiger partial charge in [-0.25, -0.2) is 0 Å². The van der Waals surface area contributed by atoms with E-state index in [0.717, 1.165) is 43.4 Å². The smallest absolute Gasteiger partial charge is 0.253 e. The molecule has 1 atom stereocenters. The van der Waals surface area contributed by atoms with Crippen LogP contribution in [0.3, 0.4) is 0 Å². The van der Waals surface area contributed by atoms with Gasteiger partial charge in [0.05, 0.1) is 18.2 Å². The molecule has 0 N–H and O–H groups in total. The third-order valence-electron chi connectivity index (χ3n) is 5.94. The second-order valence-electron chi connectivity index (χ2n) is 7.72. The van der Waals surface area contributed by atoms with E-state index in [-0.39, 0.29) is 17.9 Å². The van der Waals surface area contributed by atoms with Crippen LogP contribution in [-0.4, -0.2) is 90.5 Å². The van der Waals surface area contributed by atoms with Gasteiger partial charge in [0.15, 0.2) is 0 Å². The first kappa shape index (κ1) is 19.8. The van der Waals surface area contributed by atoms with Gasteiger partial charge in [-0.2, -0.15) is 0 Å². The highest BCUT2D eigenvalue weighted by atomic mass is 16.5. The number of hydrogen-bond donors (Lipinski definition) is 0. The van der Waals surface area contributed by atoms with Crippen LogP contribution in [-0.2, 0) is 9.53 Å². The molecule has 2 aliphatic rings. The fourth-order valence-corrected chi connectivity index (χ4v) is 4.33. The zero-order valence-corrected chi connectivity index (χ0v) is 16.9. The Morgan fingerprint density at radius 1 is 1.17 bits per heavy atom. The number of fused-ring (bicyclic) bond motifs is 1. The van der Waals surface area contributed by atoms with Crippen LogP contribution in [0.1, 0.15) is 23.2 Å². The van der Waals surface area contributed by atoms with Crippen molar-refractivity contribution in [2.45, 2.75) is 18.9 Å². The molecule has 2 fully saturated rings. The molecule has 0 saturated carbocycles. The van der Waals surface area contributed by atoms with E-state index in [1.54, 1.807) is 13.3 Å². The van der Waals surface area contributed by atoms with Crippen molar-refractivity contribution < 1.29 is 14.3 Å². The Morgan fingerprint density at radius 2 is 2.07 bits per heavy atom. The van der Waals surface area contributed by atoms with Crippen molar-refractivity contribution in [2.75, 3.05) is 53.0 Å². The Hall–Kier alpha value is -2.51. The number of pyridine rings is 1. The lowest BCUT2D eigenvalue weighted by atomic mass is 10.1. The van der Waals surface area contributed by atoms with Gasteiger partial charge in [0.2, 0.25) is 5.91 Å². The Labute approximate surface area is 171 Å². The van der Waals surface area contributed by atoms with Crippen molar-refractivity contribution in [3.8, 4) is 0 Å². The molecule has 2 aromatic rings. The second-order valence-corrected chi connectivity index (χ2v) is 7.72. The van der Waals surface area contributed by atoms with Gasteiger partial charge in [-0.3, -0.25) is 19.5 Å². The number of ether oxygens (including phenoxy) is 1. The predicted octanol–water partition coefficient (Wildman–Crippen LogP) is 1.63. The van der Waals surface area contributed by atoms with Crippen LogP contribution in [0.5, 0.6) is 0 Å². The van der Waals surface area contributed by atoms with E-state index in [2.05, 4.69) is 9.88 Å². The fraction of sp³-hybridized carbons (Fsp3) is 0.500. The Kier molecular flexibility index (Phi) is 6.06. The van der Waals surface area contributed by atoms with Crippen LogP contribution in [0.2, 0.25) is 0 Å². The maximum absolute atomic E-state index is 13.1. The van der Waals surface area contributed by atoms with E-state index in [4.69, 9.17) is 4.74 Å². The number of rotatable bonds is 5. The predicted molar refractivity (Wildman–Crippen MR) is 111 cm³/mol. The van der Waals surface area contributed by atoms with Gasteiger partial charge in [-0.05, 0) is 37.1 Å². The summed E-state index contributed by atoms with van der Waals surface area (Å²) in [6, 6.07) is 9.47. The van der Waals surface area contributed by atoms with Gasteiger partial charge >= 0.3 is 0 Å². The molecular formula is C22H28N4O3. The van der Waals surface area contributed by atoms with Gasteiger partial charge in [0.1, 0.15) is 0 Å². The number of aromatic nitrogens is 1. The average Bonchev–Trinajstić information content (AvgIpc) is 2.96. The summed E-state index contributed by atoms with van der Waals surface area (Å²) >= 11 is 0. The highest BCUT2D eigenvalue weighted by molar-refractivity contribution is 5.98. The van der Waals surface area contributed by atoms with Crippen LogP contribution in [0.25, 0.3) is 10.9 Å². The third-order valence-corrected chi connectivity index (χ3v) is 5.94. The molecule has 4 rings (SSSR count). The molecule has 154 valence electrons. The molecule has 2 amide bonds. The number of likely N-dealkylation sites (tertiary alicyclic amines) is 1. The quantitative estimate of drug-likeness (QED) is 0.769. The summed E-state index contributed by atoms with van der Waals surface area (Å²) in [5, 5.41) is 0.975. The zero-order valence-electron chi connectivity index (χ0n) is 16.9. The maximum Gasteiger partial charge on any atom is 0.253 e. The number of nitrogens with zero attached hydrogens (tertiary/aromatic N) is 4. The lowest BCUT2D eigenvalue weighted by Gasteiger charge is -2.26. The molecular weight excluding hydrogens is 368 g/mol. The standard InChI is InChI=1S/C22H28N4O3/c1-29-15-14-26-11-7-20(22(26)28)24-9-3-10-25(13-12-24)21(27)18-5-6-19-17(16-18)4-2-8-23-19/h2,4-6,8,16,20H,3,7,9-15H2,1H3. The van der Waals surface area contributed by atoms with Crippen molar-refractivity contribution in [1.82, 2.24) is 19.7 Å². The van der Waals surface area contributed by atoms with Gasteiger partial charge < -0.3 is 14.5 Å². The molecule has 7 heteroatoms. The number of hydrogen-bond acceptors (Lipinski definition) is 5. The molecule has 3 heterocycles. The van der Waals surface area contributed by atoms with Crippen molar-refractivity contribution in [3.05, 3.63) is 42.1 Å². The summed E-state index contributed by atoms with van der Waals surface area (Å²) in [4.78, 5) is 36.2. The average molecular weight is 396 g/mol. The number of methoxy groups -OCH3 is 1. The first-order valence-corrected chi connectivity index (χ1v) is 10.3. The van der Waals surface area contributed by atoms with E-state index < -0.39 is 0 Å². The number of carbonyl (C=O) groups excluding carboxylic acids is 2. The number of amides is 2. The van der Waals surface area contributed by atoms with Crippen LogP contribution in [0, 0.1) is 0 Å². The Morgan fingerprint density at radius 3 is 2.93 bits per heavy atom. The van der Waals surface area contributed by atoms with Crippen molar-refractivity contribution in [3.63, 3.8) is 0 Å². The molecule has 2 aliphatic heterocycles. The lowest BCUT2D eigenvalue weighted by molar-refractivity contribution is -0.132. The second kappa shape index (κ2) is 8.88. The van der Waals surface area contributed by atoms with Crippen molar-refractivity contribution in [2.24, 2.45) is 0 Å². The summed E-state index contributed by atoms with van der Waals surface area (Å²) in [6.07, 6.45) is 3.49. The van der Waals surface area contributed by atoms with Crippen LogP contribution >= 0.6 is 0 Å². The number of carbonyl (C=O) groups is 2. The van der Waals surface area contributed by atoms with Crippen LogP contribution in [0.15, 0.2) is 36.5 Å². The third kappa shape index (κ3) is 4.26. The van der Waals surface area contributed by atoms with Crippen LogP contribution < -0.4 is 0 Å². The highest BCUT2D eigenvalue weighted by Gasteiger charge is 2.36. The molecule has 1 aromatic carbocycles.